The molecule has 2 heterocycles. The quantitative estimate of drug-likeness (QED) is 0.524. The minimum Gasteiger partial charge on any atom is -0.461 e. The zero-order valence-electron chi connectivity index (χ0n) is 16.7. The molecule has 1 N–H and O–H groups in total. The average molecular weight is 411 g/mol. The van der Waals surface area contributed by atoms with Crippen molar-refractivity contribution < 1.29 is 9.21 Å². The fourth-order valence-electron chi connectivity index (χ4n) is 3.42. The zero-order chi connectivity index (χ0) is 20.2. The Labute approximate surface area is 175 Å². The molecule has 0 saturated heterocycles. The minimum absolute atomic E-state index is 0.0226. The van der Waals surface area contributed by atoms with Gasteiger partial charge in [0.2, 0.25) is 5.91 Å². The SMILES string of the molecule is CC(C)Cn1c(SCC(=O)NC(c2ccccc2)C2CC2)nnc1-c1ccco1. The lowest BCUT2D eigenvalue weighted by atomic mass is 10.0. The Morgan fingerprint density at radius 3 is 2.66 bits per heavy atom. The maximum absolute atomic E-state index is 12.7. The molecule has 152 valence electrons. The van der Waals surface area contributed by atoms with Crippen molar-refractivity contribution >= 4 is 17.7 Å². The molecule has 0 aliphatic heterocycles. The summed E-state index contributed by atoms with van der Waals surface area (Å²) in [4.78, 5) is 12.7. The fourth-order valence-corrected chi connectivity index (χ4v) is 4.18. The standard InChI is InChI=1S/C22H26N4O2S/c1-15(2)13-26-21(18-9-6-12-28-18)24-25-22(26)29-14-19(27)23-20(17-10-11-17)16-7-4-3-5-8-16/h3-9,12,15,17,20H,10-11,13-14H2,1-2H3,(H,23,27). The van der Waals surface area contributed by atoms with Gasteiger partial charge >= 0.3 is 0 Å². The van der Waals surface area contributed by atoms with Crippen molar-refractivity contribution in [2.75, 3.05) is 5.75 Å². The van der Waals surface area contributed by atoms with E-state index in [2.05, 4.69) is 41.5 Å². The lowest BCUT2D eigenvalue weighted by Crippen LogP contribution is -2.31. The van der Waals surface area contributed by atoms with Gasteiger partial charge in [-0.1, -0.05) is 55.9 Å². The van der Waals surface area contributed by atoms with Gasteiger partial charge in [0.1, 0.15) is 0 Å². The molecule has 1 saturated carbocycles. The molecule has 1 aliphatic carbocycles. The van der Waals surface area contributed by atoms with Gasteiger partial charge in [-0.05, 0) is 42.4 Å². The summed E-state index contributed by atoms with van der Waals surface area (Å²) in [7, 11) is 0. The lowest BCUT2D eigenvalue weighted by molar-refractivity contribution is -0.119. The Morgan fingerprint density at radius 2 is 2.00 bits per heavy atom. The highest BCUT2D eigenvalue weighted by Crippen LogP contribution is 2.41. The first-order valence-corrected chi connectivity index (χ1v) is 11.0. The molecule has 1 atom stereocenters. The van der Waals surface area contributed by atoms with E-state index in [1.165, 1.54) is 30.2 Å². The van der Waals surface area contributed by atoms with E-state index in [0.717, 1.165) is 11.7 Å². The van der Waals surface area contributed by atoms with Crippen LogP contribution in [0.4, 0.5) is 0 Å². The van der Waals surface area contributed by atoms with Crippen LogP contribution in [-0.4, -0.2) is 26.4 Å². The highest BCUT2D eigenvalue weighted by molar-refractivity contribution is 7.99. The molecule has 6 nitrogen and oxygen atoms in total. The number of amides is 1. The highest BCUT2D eigenvalue weighted by atomic mass is 32.2. The van der Waals surface area contributed by atoms with Crippen LogP contribution in [0, 0.1) is 11.8 Å². The zero-order valence-corrected chi connectivity index (χ0v) is 17.6. The van der Waals surface area contributed by atoms with Gasteiger partial charge in [0.05, 0.1) is 18.1 Å². The summed E-state index contributed by atoms with van der Waals surface area (Å²) in [6, 6.07) is 14.0. The molecular weight excluding hydrogens is 384 g/mol. The molecule has 1 unspecified atom stereocenters. The van der Waals surface area contributed by atoms with Crippen LogP contribution in [0.25, 0.3) is 11.6 Å². The molecule has 0 spiro atoms. The number of hydrogen-bond donors (Lipinski definition) is 1. The number of benzene rings is 1. The van der Waals surface area contributed by atoms with Crippen molar-refractivity contribution in [3.05, 3.63) is 54.3 Å². The fraction of sp³-hybridized carbons (Fsp3) is 0.409. The van der Waals surface area contributed by atoms with E-state index in [1.54, 1.807) is 6.26 Å². The molecule has 2 aromatic heterocycles. The van der Waals surface area contributed by atoms with Gasteiger partial charge in [-0.15, -0.1) is 10.2 Å². The third kappa shape index (κ3) is 4.90. The van der Waals surface area contributed by atoms with Crippen LogP contribution in [0.3, 0.4) is 0 Å². The number of aromatic nitrogens is 3. The largest absolute Gasteiger partial charge is 0.461 e. The van der Waals surface area contributed by atoms with Crippen molar-refractivity contribution in [2.24, 2.45) is 11.8 Å². The van der Waals surface area contributed by atoms with Crippen molar-refractivity contribution in [2.45, 2.75) is 44.4 Å². The Morgan fingerprint density at radius 1 is 1.21 bits per heavy atom. The van der Waals surface area contributed by atoms with Crippen LogP contribution in [0.1, 0.15) is 38.3 Å². The van der Waals surface area contributed by atoms with Crippen LogP contribution >= 0.6 is 11.8 Å². The summed E-state index contributed by atoms with van der Waals surface area (Å²) < 4.78 is 7.54. The van der Waals surface area contributed by atoms with Crippen LogP contribution < -0.4 is 5.32 Å². The van der Waals surface area contributed by atoms with E-state index in [-0.39, 0.29) is 11.9 Å². The number of rotatable bonds is 9. The van der Waals surface area contributed by atoms with Gasteiger partial charge < -0.3 is 9.73 Å². The van der Waals surface area contributed by atoms with Crippen LogP contribution in [0.5, 0.6) is 0 Å². The third-order valence-corrected chi connectivity index (χ3v) is 5.87. The van der Waals surface area contributed by atoms with Gasteiger partial charge in [0.15, 0.2) is 16.7 Å². The van der Waals surface area contributed by atoms with Crippen molar-refractivity contribution in [3.8, 4) is 11.6 Å². The second kappa shape index (κ2) is 8.86. The summed E-state index contributed by atoms with van der Waals surface area (Å²) in [6.07, 6.45) is 3.97. The number of furan rings is 1. The van der Waals surface area contributed by atoms with Gasteiger partial charge in [0, 0.05) is 6.54 Å². The van der Waals surface area contributed by atoms with Crippen LogP contribution in [0.2, 0.25) is 0 Å². The summed E-state index contributed by atoms with van der Waals surface area (Å²) in [5.74, 6) is 2.69. The predicted octanol–water partition coefficient (Wildman–Crippen LogP) is 4.55. The van der Waals surface area contributed by atoms with E-state index < -0.39 is 0 Å². The maximum atomic E-state index is 12.7. The number of nitrogens with zero attached hydrogens (tertiary/aromatic N) is 3. The predicted molar refractivity (Wildman–Crippen MR) is 113 cm³/mol. The van der Waals surface area contributed by atoms with Crippen LogP contribution in [-0.2, 0) is 11.3 Å². The molecule has 29 heavy (non-hydrogen) atoms. The van der Waals surface area contributed by atoms with E-state index in [4.69, 9.17) is 4.42 Å². The second-order valence-electron chi connectivity index (χ2n) is 7.87. The molecule has 4 rings (SSSR count). The first-order valence-electron chi connectivity index (χ1n) is 10.1. The van der Waals surface area contributed by atoms with Gasteiger partial charge in [0.25, 0.3) is 0 Å². The number of carbonyl (C=O) groups excluding carboxylic acids is 1. The summed E-state index contributed by atoms with van der Waals surface area (Å²) in [6.45, 7) is 5.06. The molecule has 3 aromatic rings. The summed E-state index contributed by atoms with van der Waals surface area (Å²) >= 11 is 1.42. The summed E-state index contributed by atoms with van der Waals surface area (Å²) in [5, 5.41) is 12.6. The molecule has 1 amide bonds. The van der Waals surface area contributed by atoms with E-state index >= 15 is 0 Å². The molecule has 1 aromatic carbocycles. The first kappa shape index (κ1) is 19.8. The number of nitrogens with one attached hydrogen (secondary N) is 1. The highest BCUT2D eigenvalue weighted by Gasteiger charge is 2.33. The third-order valence-electron chi connectivity index (χ3n) is 4.91. The number of hydrogen-bond acceptors (Lipinski definition) is 5. The molecule has 0 bridgehead atoms. The van der Waals surface area contributed by atoms with Crippen molar-refractivity contribution in [3.63, 3.8) is 0 Å². The normalized spacial score (nSPS) is 14.9. The monoisotopic (exact) mass is 410 g/mol. The molecule has 1 aliphatic rings. The second-order valence-corrected chi connectivity index (χ2v) is 8.81. The number of thioether (sulfide) groups is 1. The van der Waals surface area contributed by atoms with Gasteiger partial charge in [-0.2, -0.15) is 0 Å². The van der Waals surface area contributed by atoms with Gasteiger partial charge in [-0.25, -0.2) is 0 Å². The molecule has 1 fully saturated rings. The average Bonchev–Trinajstić information content (AvgIpc) is 3.26. The van der Waals surface area contributed by atoms with E-state index in [1.807, 2.05) is 34.9 Å². The Balaban J connectivity index is 1.44. The van der Waals surface area contributed by atoms with Gasteiger partial charge in [-0.3, -0.25) is 9.36 Å². The lowest BCUT2D eigenvalue weighted by Gasteiger charge is -2.18. The Hall–Kier alpha value is -2.54. The topological polar surface area (TPSA) is 73.0 Å². The Bertz CT molecular complexity index is 933. The van der Waals surface area contributed by atoms with E-state index in [9.17, 15) is 4.79 Å². The van der Waals surface area contributed by atoms with Crippen LogP contribution in [0.15, 0.2) is 58.3 Å². The number of carbonyl (C=O) groups is 1. The minimum atomic E-state index is 0.0226. The van der Waals surface area contributed by atoms with E-state index in [0.29, 0.717) is 29.2 Å². The maximum Gasteiger partial charge on any atom is 0.230 e. The Kier molecular flexibility index (Phi) is 6.04. The molecule has 7 heteroatoms. The van der Waals surface area contributed by atoms with Crippen molar-refractivity contribution in [1.82, 2.24) is 20.1 Å². The van der Waals surface area contributed by atoms with Crippen molar-refractivity contribution in [1.29, 1.82) is 0 Å². The molecule has 0 radical (unpaired) electrons. The smallest absolute Gasteiger partial charge is 0.230 e. The summed E-state index contributed by atoms with van der Waals surface area (Å²) in [5.41, 5.74) is 1.18. The molecular formula is C22H26N4O2S. The first-order chi connectivity index (χ1) is 14.1.